The number of hydrogen-bond acceptors (Lipinski definition) is 4. The van der Waals surface area contributed by atoms with Crippen molar-refractivity contribution in [2.24, 2.45) is 0 Å². The van der Waals surface area contributed by atoms with Crippen LogP contribution in [-0.2, 0) is 11.3 Å². The van der Waals surface area contributed by atoms with E-state index in [1.54, 1.807) is 23.4 Å². The molecule has 3 aromatic carbocycles. The third kappa shape index (κ3) is 3.07. The normalized spacial score (nSPS) is 12.9. The Morgan fingerprint density at radius 3 is 2.24 bits per heavy atom. The van der Waals surface area contributed by atoms with E-state index in [0.29, 0.717) is 18.5 Å². The number of hydrogen-bond donors (Lipinski definition) is 0. The molecule has 1 aliphatic rings. The zero-order valence-electron chi connectivity index (χ0n) is 16.0. The van der Waals surface area contributed by atoms with Gasteiger partial charge in [-0.05, 0) is 34.4 Å². The molecule has 0 aliphatic heterocycles. The van der Waals surface area contributed by atoms with Gasteiger partial charge in [0.15, 0.2) is 5.16 Å². The average molecular weight is 401 g/mol. The van der Waals surface area contributed by atoms with Crippen molar-refractivity contribution in [3.8, 4) is 11.1 Å². The van der Waals surface area contributed by atoms with Crippen molar-refractivity contribution in [3.63, 3.8) is 0 Å². The molecular weight excluding hydrogens is 380 g/mol. The lowest BCUT2D eigenvalue weighted by molar-refractivity contribution is 0.183. The number of aromatic nitrogens is 2. The van der Waals surface area contributed by atoms with Crippen molar-refractivity contribution in [1.29, 1.82) is 0 Å². The number of fused-ring (bicyclic) bond motifs is 4. The number of ether oxygens (including phenoxy) is 1. The Bertz CT molecular complexity index is 1220. The first-order valence-electron chi connectivity index (χ1n) is 9.61. The van der Waals surface area contributed by atoms with Crippen LogP contribution in [0.1, 0.15) is 16.4 Å². The quantitative estimate of drug-likeness (QED) is 0.447. The minimum atomic E-state index is -0.0188. The molecule has 5 heteroatoms. The van der Waals surface area contributed by atoms with Crippen LogP contribution in [0.2, 0.25) is 0 Å². The molecule has 0 amide bonds. The molecule has 0 N–H and O–H groups in total. The van der Waals surface area contributed by atoms with Gasteiger partial charge in [0, 0.05) is 7.11 Å². The second-order valence-corrected chi connectivity index (χ2v) is 8.11. The molecule has 4 nitrogen and oxygen atoms in total. The Hall–Kier alpha value is -2.89. The van der Waals surface area contributed by atoms with Crippen LogP contribution in [0.4, 0.5) is 0 Å². The van der Waals surface area contributed by atoms with E-state index in [2.05, 4.69) is 48.5 Å². The first kappa shape index (κ1) is 18.2. The summed E-state index contributed by atoms with van der Waals surface area (Å²) in [6.07, 6.45) is 0. The van der Waals surface area contributed by atoms with E-state index >= 15 is 0 Å². The zero-order chi connectivity index (χ0) is 19.8. The Balaban J connectivity index is 1.66. The molecule has 1 heterocycles. The molecule has 0 unspecified atom stereocenters. The van der Waals surface area contributed by atoms with Gasteiger partial charge in [-0.25, -0.2) is 4.98 Å². The fraction of sp³-hybridized carbons (Fsp3) is 0.167. The van der Waals surface area contributed by atoms with Crippen molar-refractivity contribution in [3.05, 3.63) is 94.3 Å². The SMILES string of the molecule is COCCn1c(SC2c3ccccc3-c3ccccc32)nc2ccccc2c1=O. The highest BCUT2D eigenvalue weighted by Gasteiger charge is 2.30. The molecule has 0 radical (unpaired) electrons. The standard InChI is InChI=1S/C24H20N2O2S/c1-28-15-14-26-23(27)20-12-6-7-13-21(20)25-24(26)29-22-18-10-4-2-8-16(18)17-9-3-5-11-19(17)22/h2-13,22H,14-15H2,1H3. The zero-order valence-corrected chi connectivity index (χ0v) is 16.9. The van der Waals surface area contributed by atoms with E-state index in [9.17, 15) is 4.79 Å². The maximum Gasteiger partial charge on any atom is 0.262 e. The largest absolute Gasteiger partial charge is 0.383 e. The van der Waals surface area contributed by atoms with Crippen LogP contribution in [-0.4, -0.2) is 23.3 Å². The topological polar surface area (TPSA) is 44.1 Å². The summed E-state index contributed by atoms with van der Waals surface area (Å²) >= 11 is 1.64. The van der Waals surface area contributed by atoms with Crippen LogP contribution in [0.5, 0.6) is 0 Å². The van der Waals surface area contributed by atoms with E-state index in [1.807, 2.05) is 24.3 Å². The molecule has 5 rings (SSSR count). The van der Waals surface area contributed by atoms with Crippen LogP contribution >= 0.6 is 11.8 Å². The predicted octanol–water partition coefficient (Wildman–Crippen LogP) is 4.91. The van der Waals surface area contributed by atoms with Gasteiger partial charge in [-0.15, -0.1) is 0 Å². The highest BCUT2D eigenvalue weighted by atomic mass is 32.2. The maximum absolute atomic E-state index is 13.2. The molecule has 0 saturated heterocycles. The highest BCUT2D eigenvalue weighted by molar-refractivity contribution is 7.99. The molecule has 1 aromatic heterocycles. The molecule has 144 valence electrons. The van der Waals surface area contributed by atoms with Crippen LogP contribution < -0.4 is 5.56 Å². The van der Waals surface area contributed by atoms with Gasteiger partial charge >= 0.3 is 0 Å². The first-order chi connectivity index (χ1) is 14.3. The summed E-state index contributed by atoms with van der Waals surface area (Å²) in [4.78, 5) is 18.0. The highest BCUT2D eigenvalue weighted by Crippen LogP contribution is 2.51. The molecule has 0 atom stereocenters. The van der Waals surface area contributed by atoms with Crippen molar-refractivity contribution >= 4 is 22.7 Å². The lowest BCUT2D eigenvalue weighted by Crippen LogP contribution is -2.25. The first-order valence-corrected chi connectivity index (χ1v) is 10.5. The lowest BCUT2D eigenvalue weighted by Gasteiger charge is -2.17. The van der Waals surface area contributed by atoms with Crippen LogP contribution in [0, 0.1) is 0 Å². The molecule has 29 heavy (non-hydrogen) atoms. The van der Waals surface area contributed by atoms with Gasteiger partial charge < -0.3 is 4.74 Å². The Kier molecular flexibility index (Phi) is 4.70. The maximum atomic E-state index is 13.2. The van der Waals surface area contributed by atoms with Gasteiger partial charge in [-0.1, -0.05) is 72.4 Å². The van der Waals surface area contributed by atoms with E-state index in [-0.39, 0.29) is 10.8 Å². The third-order valence-electron chi connectivity index (χ3n) is 5.35. The number of thioether (sulfide) groups is 1. The van der Waals surface area contributed by atoms with Crippen molar-refractivity contribution in [1.82, 2.24) is 9.55 Å². The fourth-order valence-electron chi connectivity index (χ4n) is 3.96. The number of para-hydroxylation sites is 1. The van der Waals surface area contributed by atoms with Gasteiger partial charge in [0.2, 0.25) is 0 Å². The van der Waals surface area contributed by atoms with Gasteiger partial charge in [-0.3, -0.25) is 9.36 Å². The minimum Gasteiger partial charge on any atom is -0.383 e. The molecule has 1 aliphatic carbocycles. The summed E-state index contributed by atoms with van der Waals surface area (Å²) in [7, 11) is 1.65. The van der Waals surface area contributed by atoms with Gasteiger partial charge in [0.25, 0.3) is 5.56 Å². The van der Waals surface area contributed by atoms with Gasteiger partial charge in [-0.2, -0.15) is 0 Å². The van der Waals surface area contributed by atoms with Crippen molar-refractivity contribution in [2.75, 3.05) is 13.7 Å². The molecule has 0 spiro atoms. The van der Waals surface area contributed by atoms with E-state index in [0.717, 1.165) is 10.7 Å². The second kappa shape index (κ2) is 7.50. The van der Waals surface area contributed by atoms with Gasteiger partial charge in [0.1, 0.15) is 0 Å². The smallest absolute Gasteiger partial charge is 0.262 e. The molecular formula is C24H20N2O2S. The summed E-state index contributed by atoms with van der Waals surface area (Å²) in [6, 6.07) is 24.5. The van der Waals surface area contributed by atoms with Crippen LogP contribution in [0.3, 0.4) is 0 Å². The molecule has 0 bridgehead atoms. The number of rotatable bonds is 5. The fourth-order valence-corrected chi connectivity index (χ4v) is 5.29. The number of nitrogens with zero attached hydrogens (tertiary/aromatic N) is 2. The molecule has 4 aromatic rings. The summed E-state index contributed by atoms with van der Waals surface area (Å²) in [5.41, 5.74) is 5.75. The average Bonchev–Trinajstić information content (AvgIpc) is 3.08. The van der Waals surface area contributed by atoms with E-state index in [1.165, 1.54) is 22.3 Å². The van der Waals surface area contributed by atoms with Crippen LogP contribution in [0.15, 0.2) is 82.7 Å². The van der Waals surface area contributed by atoms with E-state index in [4.69, 9.17) is 9.72 Å². The van der Waals surface area contributed by atoms with Crippen molar-refractivity contribution in [2.45, 2.75) is 17.0 Å². The van der Waals surface area contributed by atoms with Crippen molar-refractivity contribution < 1.29 is 4.74 Å². The lowest BCUT2D eigenvalue weighted by atomic mass is 10.1. The van der Waals surface area contributed by atoms with Crippen LogP contribution in [0.25, 0.3) is 22.0 Å². The Labute approximate surface area is 173 Å². The monoisotopic (exact) mass is 400 g/mol. The van der Waals surface area contributed by atoms with E-state index < -0.39 is 0 Å². The number of methoxy groups -OCH3 is 1. The minimum absolute atomic E-state index is 0.0188. The number of benzene rings is 3. The summed E-state index contributed by atoms with van der Waals surface area (Å²) in [5.74, 6) is 0. The molecule has 0 fully saturated rings. The predicted molar refractivity (Wildman–Crippen MR) is 117 cm³/mol. The second-order valence-electron chi connectivity index (χ2n) is 7.03. The van der Waals surface area contributed by atoms with Gasteiger partial charge in [0.05, 0.1) is 29.3 Å². The summed E-state index contributed by atoms with van der Waals surface area (Å²) in [5, 5.41) is 1.46. The molecule has 0 saturated carbocycles. The summed E-state index contributed by atoms with van der Waals surface area (Å²) < 4.78 is 7.00. The Morgan fingerprint density at radius 2 is 1.55 bits per heavy atom. The third-order valence-corrected chi connectivity index (χ3v) is 6.61. The Morgan fingerprint density at radius 1 is 0.931 bits per heavy atom. The summed E-state index contributed by atoms with van der Waals surface area (Å²) in [6.45, 7) is 0.941.